The average Bonchev–Trinajstić information content (AvgIpc) is 2.48. The first kappa shape index (κ1) is 14.3. The zero-order valence-corrected chi connectivity index (χ0v) is 12.6. The smallest absolute Gasteiger partial charge is 0.253 e. The highest BCUT2D eigenvalue weighted by Crippen LogP contribution is 2.13. The number of rotatable bonds is 3. The lowest BCUT2D eigenvalue weighted by Crippen LogP contribution is -2.26. The summed E-state index contributed by atoms with van der Waals surface area (Å²) in [7, 11) is 1.77. The molecule has 100 valence electrons. The maximum atomic E-state index is 12.2. The van der Waals surface area contributed by atoms with Crippen molar-refractivity contribution in [3.8, 4) is 6.07 Å². The van der Waals surface area contributed by atoms with Crippen LogP contribution in [0.5, 0.6) is 0 Å². The number of hydrogen-bond acceptors (Lipinski definition) is 2. The van der Waals surface area contributed by atoms with Gasteiger partial charge < -0.3 is 4.90 Å². The van der Waals surface area contributed by atoms with Crippen LogP contribution in [-0.4, -0.2) is 17.9 Å². The molecule has 2 aromatic carbocycles. The van der Waals surface area contributed by atoms with Crippen molar-refractivity contribution in [2.24, 2.45) is 0 Å². The van der Waals surface area contributed by atoms with Crippen LogP contribution in [0.25, 0.3) is 0 Å². The normalized spacial score (nSPS) is 9.85. The van der Waals surface area contributed by atoms with Crippen LogP contribution in [0.15, 0.2) is 53.0 Å². The molecule has 0 aliphatic rings. The third-order valence-corrected chi connectivity index (χ3v) is 3.47. The number of amides is 1. The van der Waals surface area contributed by atoms with Crippen LogP contribution in [0.3, 0.4) is 0 Å². The van der Waals surface area contributed by atoms with Gasteiger partial charge in [0, 0.05) is 23.6 Å². The fourth-order valence-electron chi connectivity index (χ4n) is 1.84. The topological polar surface area (TPSA) is 44.1 Å². The predicted molar refractivity (Wildman–Crippen MR) is 81.1 cm³/mol. The largest absolute Gasteiger partial charge is 0.337 e. The first-order chi connectivity index (χ1) is 9.60. The summed E-state index contributed by atoms with van der Waals surface area (Å²) in [5.41, 5.74) is 2.27. The Morgan fingerprint density at radius 1 is 1.15 bits per heavy atom. The van der Waals surface area contributed by atoms with Crippen molar-refractivity contribution < 1.29 is 4.79 Å². The molecule has 0 saturated carbocycles. The maximum Gasteiger partial charge on any atom is 0.253 e. The van der Waals surface area contributed by atoms with Gasteiger partial charge in [0.1, 0.15) is 0 Å². The molecule has 1 amide bonds. The van der Waals surface area contributed by atoms with Crippen molar-refractivity contribution in [3.05, 3.63) is 69.7 Å². The van der Waals surface area contributed by atoms with Gasteiger partial charge in [-0.2, -0.15) is 5.26 Å². The van der Waals surface area contributed by atoms with Gasteiger partial charge in [-0.25, -0.2) is 0 Å². The molecule has 0 N–H and O–H groups in total. The standard InChI is InChI=1S/C16H13BrN2O/c1-19(11-13-4-2-12(10-18)3-5-13)16(20)14-6-8-15(17)9-7-14/h2-9H,11H2,1H3. The van der Waals surface area contributed by atoms with Gasteiger partial charge in [-0.3, -0.25) is 4.79 Å². The summed E-state index contributed by atoms with van der Waals surface area (Å²) in [5, 5.41) is 8.75. The highest BCUT2D eigenvalue weighted by molar-refractivity contribution is 9.10. The second kappa shape index (κ2) is 6.36. The summed E-state index contributed by atoms with van der Waals surface area (Å²) in [5.74, 6) is -0.0261. The van der Waals surface area contributed by atoms with Crippen LogP contribution in [-0.2, 0) is 6.54 Å². The van der Waals surface area contributed by atoms with Crippen LogP contribution in [0, 0.1) is 11.3 Å². The summed E-state index contributed by atoms with van der Waals surface area (Å²) in [4.78, 5) is 13.9. The summed E-state index contributed by atoms with van der Waals surface area (Å²) >= 11 is 3.35. The Balaban J connectivity index is 2.07. The van der Waals surface area contributed by atoms with Crippen molar-refractivity contribution in [2.45, 2.75) is 6.54 Å². The molecule has 0 aliphatic carbocycles. The number of nitrogens with zero attached hydrogens (tertiary/aromatic N) is 2. The molecule has 4 heteroatoms. The van der Waals surface area contributed by atoms with Gasteiger partial charge in [0.2, 0.25) is 0 Å². The average molecular weight is 329 g/mol. The number of carbonyl (C=O) groups is 1. The predicted octanol–water partition coefficient (Wildman–Crippen LogP) is 3.59. The number of nitriles is 1. The lowest BCUT2D eigenvalue weighted by Gasteiger charge is -2.17. The van der Waals surface area contributed by atoms with E-state index >= 15 is 0 Å². The van der Waals surface area contributed by atoms with Gasteiger partial charge in [0.15, 0.2) is 0 Å². The summed E-state index contributed by atoms with van der Waals surface area (Å²) in [6, 6.07) is 16.6. The van der Waals surface area contributed by atoms with Crippen LogP contribution >= 0.6 is 15.9 Å². The minimum atomic E-state index is -0.0261. The molecule has 2 aromatic rings. The minimum Gasteiger partial charge on any atom is -0.337 e. The Morgan fingerprint density at radius 3 is 2.30 bits per heavy atom. The molecule has 0 unspecified atom stereocenters. The van der Waals surface area contributed by atoms with E-state index in [-0.39, 0.29) is 5.91 Å². The van der Waals surface area contributed by atoms with Crippen LogP contribution in [0.1, 0.15) is 21.5 Å². The Kier molecular flexibility index (Phi) is 4.54. The molecular weight excluding hydrogens is 316 g/mol. The second-order valence-corrected chi connectivity index (χ2v) is 5.39. The summed E-state index contributed by atoms with van der Waals surface area (Å²) in [6.45, 7) is 0.514. The van der Waals surface area contributed by atoms with E-state index in [1.165, 1.54) is 0 Å². The van der Waals surface area contributed by atoms with Crippen molar-refractivity contribution in [1.82, 2.24) is 4.90 Å². The van der Waals surface area contributed by atoms with Crippen molar-refractivity contribution in [2.75, 3.05) is 7.05 Å². The monoisotopic (exact) mass is 328 g/mol. The van der Waals surface area contributed by atoms with E-state index in [4.69, 9.17) is 5.26 Å². The van der Waals surface area contributed by atoms with Gasteiger partial charge in [0.05, 0.1) is 11.6 Å². The van der Waals surface area contributed by atoms with Crippen LogP contribution in [0.4, 0.5) is 0 Å². The fourth-order valence-corrected chi connectivity index (χ4v) is 2.11. The van der Waals surface area contributed by atoms with E-state index in [2.05, 4.69) is 22.0 Å². The van der Waals surface area contributed by atoms with Gasteiger partial charge in [0.25, 0.3) is 5.91 Å². The molecule has 3 nitrogen and oxygen atoms in total. The zero-order valence-electron chi connectivity index (χ0n) is 11.0. The van der Waals surface area contributed by atoms with Gasteiger partial charge in [-0.15, -0.1) is 0 Å². The molecule has 0 bridgehead atoms. The van der Waals surface area contributed by atoms with Crippen LogP contribution < -0.4 is 0 Å². The Labute approximate surface area is 126 Å². The number of carbonyl (C=O) groups excluding carboxylic acids is 1. The Morgan fingerprint density at radius 2 is 1.75 bits per heavy atom. The van der Waals surface area contributed by atoms with Gasteiger partial charge in [-0.1, -0.05) is 28.1 Å². The minimum absolute atomic E-state index is 0.0261. The molecule has 0 fully saturated rings. The van der Waals surface area contributed by atoms with Crippen molar-refractivity contribution in [3.63, 3.8) is 0 Å². The molecule has 0 aliphatic heterocycles. The molecule has 0 heterocycles. The van der Waals surface area contributed by atoms with E-state index in [1.807, 2.05) is 24.3 Å². The summed E-state index contributed by atoms with van der Waals surface area (Å²) < 4.78 is 0.948. The van der Waals surface area contributed by atoms with Crippen LogP contribution in [0.2, 0.25) is 0 Å². The van der Waals surface area contributed by atoms with E-state index in [9.17, 15) is 4.79 Å². The van der Waals surface area contributed by atoms with E-state index < -0.39 is 0 Å². The van der Waals surface area contributed by atoms with Crippen molar-refractivity contribution >= 4 is 21.8 Å². The lowest BCUT2D eigenvalue weighted by atomic mass is 10.1. The van der Waals surface area contributed by atoms with E-state index in [0.717, 1.165) is 10.0 Å². The molecule has 0 spiro atoms. The third kappa shape index (κ3) is 3.46. The SMILES string of the molecule is CN(Cc1ccc(C#N)cc1)C(=O)c1ccc(Br)cc1. The first-order valence-electron chi connectivity index (χ1n) is 6.10. The number of halogens is 1. The molecule has 0 atom stereocenters. The molecule has 0 radical (unpaired) electrons. The molecule has 0 aromatic heterocycles. The molecule has 2 rings (SSSR count). The first-order valence-corrected chi connectivity index (χ1v) is 6.89. The summed E-state index contributed by atoms with van der Waals surface area (Å²) in [6.07, 6.45) is 0. The van der Waals surface area contributed by atoms with E-state index in [0.29, 0.717) is 17.7 Å². The Hall–Kier alpha value is -2.12. The molecule has 0 saturated heterocycles. The second-order valence-electron chi connectivity index (χ2n) is 4.48. The highest BCUT2D eigenvalue weighted by atomic mass is 79.9. The number of hydrogen-bond donors (Lipinski definition) is 0. The quantitative estimate of drug-likeness (QED) is 0.864. The molecule has 20 heavy (non-hydrogen) atoms. The highest BCUT2D eigenvalue weighted by Gasteiger charge is 2.11. The zero-order chi connectivity index (χ0) is 14.5. The molecular formula is C16H13BrN2O. The maximum absolute atomic E-state index is 12.2. The fraction of sp³-hybridized carbons (Fsp3) is 0.125. The van der Waals surface area contributed by atoms with Crippen molar-refractivity contribution in [1.29, 1.82) is 5.26 Å². The van der Waals surface area contributed by atoms with E-state index in [1.54, 1.807) is 36.2 Å². The third-order valence-electron chi connectivity index (χ3n) is 2.94. The number of benzene rings is 2. The van der Waals surface area contributed by atoms with Gasteiger partial charge >= 0.3 is 0 Å². The van der Waals surface area contributed by atoms with Gasteiger partial charge in [-0.05, 0) is 42.0 Å². The lowest BCUT2D eigenvalue weighted by molar-refractivity contribution is 0.0785. The Bertz CT molecular complexity index is 642.